The Morgan fingerprint density at radius 3 is 2.43 bits per heavy atom. The molecule has 0 unspecified atom stereocenters. The third-order valence-electron chi connectivity index (χ3n) is 3.90. The number of carbonyl (C=O) groups excluding carboxylic acids is 1. The van der Waals surface area contributed by atoms with Crippen molar-refractivity contribution in [3.63, 3.8) is 0 Å². The van der Waals surface area contributed by atoms with E-state index < -0.39 is 0 Å². The van der Waals surface area contributed by atoms with E-state index in [-0.39, 0.29) is 17.5 Å². The first-order valence-electron chi connectivity index (χ1n) is 9.22. The van der Waals surface area contributed by atoms with Gasteiger partial charge in [0.1, 0.15) is 18.2 Å². The molecule has 0 bridgehead atoms. The summed E-state index contributed by atoms with van der Waals surface area (Å²) in [5.41, 5.74) is 5.92. The highest BCUT2D eigenvalue weighted by Crippen LogP contribution is 2.15. The van der Waals surface area contributed by atoms with Crippen molar-refractivity contribution in [1.29, 1.82) is 0 Å². The number of ether oxygens (including phenoxy) is 1. The fourth-order valence-corrected chi connectivity index (χ4v) is 3.24. The third kappa shape index (κ3) is 6.97. The molecule has 1 aromatic heterocycles. The summed E-state index contributed by atoms with van der Waals surface area (Å²) in [6, 6.07) is 15.3. The number of aryl methyl sites for hydroxylation is 2. The van der Waals surface area contributed by atoms with E-state index in [1.165, 1.54) is 23.9 Å². The second-order valence-electron chi connectivity index (χ2n) is 6.50. The normalized spacial score (nSPS) is 10.9. The van der Waals surface area contributed by atoms with E-state index >= 15 is 0 Å². The summed E-state index contributed by atoms with van der Waals surface area (Å²) in [7, 11) is 0. The highest BCUT2D eigenvalue weighted by molar-refractivity contribution is 7.99. The van der Waals surface area contributed by atoms with Crippen molar-refractivity contribution in [3.8, 4) is 5.75 Å². The number of benzene rings is 2. The van der Waals surface area contributed by atoms with Crippen LogP contribution in [0.2, 0.25) is 0 Å². The molecule has 3 rings (SSSR count). The number of hydrogen-bond acceptors (Lipinski definition) is 6. The number of nitrogens with zero attached hydrogens (tertiary/aromatic N) is 3. The molecule has 0 aliphatic heterocycles. The van der Waals surface area contributed by atoms with Gasteiger partial charge in [-0.2, -0.15) is 5.10 Å². The van der Waals surface area contributed by atoms with Crippen LogP contribution in [0.25, 0.3) is 0 Å². The van der Waals surface area contributed by atoms with Gasteiger partial charge in [0, 0.05) is 11.4 Å². The molecule has 154 valence electrons. The van der Waals surface area contributed by atoms with E-state index in [1.807, 2.05) is 32.0 Å². The van der Waals surface area contributed by atoms with Gasteiger partial charge in [-0.3, -0.25) is 4.79 Å². The molecule has 8 heteroatoms. The van der Waals surface area contributed by atoms with Gasteiger partial charge in [-0.25, -0.2) is 19.8 Å². The summed E-state index contributed by atoms with van der Waals surface area (Å²) in [4.78, 5) is 20.5. The minimum Gasteiger partial charge on any atom is -0.489 e. The molecule has 0 atom stereocenters. The molecule has 0 spiro atoms. The average molecular weight is 425 g/mol. The van der Waals surface area contributed by atoms with Gasteiger partial charge in [0.2, 0.25) is 0 Å². The molecule has 3 aromatic rings. The Bertz CT molecular complexity index is 1000. The summed E-state index contributed by atoms with van der Waals surface area (Å²) in [6.45, 7) is 4.13. The third-order valence-corrected chi connectivity index (χ3v) is 4.74. The molecule has 0 saturated heterocycles. The molecule has 0 saturated carbocycles. The Morgan fingerprint density at radius 2 is 1.77 bits per heavy atom. The summed E-state index contributed by atoms with van der Waals surface area (Å²) in [5.74, 6) is 0.353. The van der Waals surface area contributed by atoms with Gasteiger partial charge in [-0.05, 0) is 67.4 Å². The number of rotatable bonds is 8. The van der Waals surface area contributed by atoms with Crippen LogP contribution < -0.4 is 10.2 Å². The standard InChI is InChI=1S/C22H21FN4O2S/c1-15-11-16(2)26-22(25-15)30-14-21(28)27-24-12-17-5-9-20(10-6-17)29-13-18-3-7-19(23)8-4-18/h3-12H,13-14H2,1-2H3,(H,27,28)/b24-12-. The number of carbonyl (C=O) groups is 1. The predicted molar refractivity (Wildman–Crippen MR) is 115 cm³/mol. The molecule has 1 amide bonds. The van der Waals surface area contributed by atoms with Crippen molar-refractivity contribution in [2.24, 2.45) is 5.10 Å². The van der Waals surface area contributed by atoms with E-state index in [2.05, 4.69) is 20.5 Å². The summed E-state index contributed by atoms with van der Waals surface area (Å²) in [5, 5.41) is 4.54. The topological polar surface area (TPSA) is 76.5 Å². The van der Waals surface area contributed by atoms with E-state index in [0.29, 0.717) is 17.5 Å². The SMILES string of the molecule is Cc1cc(C)nc(SCC(=O)N/N=C\c2ccc(OCc3ccc(F)cc3)cc2)n1. The van der Waals surface area contributed by atoms with Crippen molar-refractivity contribution < 1.29 is 13.9 Å². The lowest BCUT2D eigenvalue weighted by Gasteiger charge is -2.06. The fraction of sp³-hybridized carbons (Fsp3) is 0.182. The molecule has 30 heavy (non-hydrogen) atoms. The average Bonchev–Trinajstić information content (AvgIpc) is 2.72. The molecule has 0 aliphatic carbocycles. The zero-order valence-electron chi connectivity index (χ0n) is 16.6. The summed E-state index contributed by atoms with van der Waals surface area (Å²) in [6.07, 6.45) is 1.56. The molecular weight excluding hydrogens is 403 g/mol. The minimum absolute atomic E-state index is 0.177. The highest BCUT2D eigenvalue weighted by atomic mass is 32.2. The van der Waals surface area contributed by atoms with E-state index in [4.69, 9.17) is 4.74 Å². The van der Waals surface area contributed by atoms with Crippen molar-refractivity contribution in [2.75, 3.05) is 5.75 Å². The number of amides is 1. The van der Waals surface area contributed by atoms with Gasteiger partial charge < -0.3 is 4.74 Å². The van der Waals surface area contributed by atoms with E-state index in [0.717, 1.165) is 22.5 Å². The lowest BCUT2D eigenvalue weighted by molar-refractivity contribution is -0.118. The van der Waals surface area contributed by atoms with Crippen LogP contribution in [0.3, 0.4) is 0 Å². The summed E-state index contributed by atoms with van der Waals surface area (Å²) < 4.78 is 18.6. The monoisotopic (exact) mass is 424 g/mol. The molecule has 0 aliphatic rings. The van der Waals surface area contributed by atoms with Gasteiger partial charge in [-0.1, -0.05) is 23.9 Å². The fourth-order valence-electron chi connectivity index (χ4n) is 2.50. The maximum absolute atomic E-state index is 12.9. The molecule has 6 nitrogen and oxygen atoms in total. The lowest BCUT2D eigenvalue weighted by atomic mass is 10.2. The number of halogens is 1. The number of hydrazone groups is 1. The Morgan fingerprint density at radius 1 is 1.10 bits per heavy atom. The van der Waals surface area contributed by atoms with Crippen LogP contribution in [0.1, 0.15) is 22.5 Å². The van der Waals surface area contributed by atoms with Crippen LogP contribution in [0, 0.1) is 19.7 Å². The van der Waals surface area contributed by atoms with Crippen molar-refractivity contribution >= 4 is 23.9 Å². The number of nitrogens with one attached hydrogen (secondary N) is 1. The van der Waals surface area contributed by atoms with E-state index in [1.54, 1.807) is 30.5 Å². The molecule has 1 N–H and O–H groups in total. The first-order valence-corrected chi connectivity index (χ1v) is 10.2. The number of thioether (sulfide) groups is 1. The summed E-state index contributed by atoms with van der Waals surface area (Å²) >= 11 is 1.26. The largest absolute Gasteiger partial charge is 0.489 e. The van der Waals surface area contributed by atoms with Crippen LogP contribution in [0.5, 0.6) is 5.75 Å². The first kappa shape index (κ1) is 21.4. The Hall–Kier alpha value is -3.26. The number of hydrogen-bond donors (Lipinski definition) is 1. The predicted octanol–water partition coefficient (Wildman–Crippen LogP) is 4.05. The molecule has 2 aromatic carbocycles. The Labute approximate surface area is 178 Å². The van der Waals surface area contributed by atoms with Gasteiger partial charge in [-0.15, -0.1) is 0 Å². The smallest absolute Gasteiger partial charge is 0.250 e. The lowest BCUT2D eigenvalue weighted by Crippen LogP contribution is -2.19. The van der Waals surface area contributed by atoms with Crippen LogP contribution in [0.15, 0.2) is 64.9 Å². The molecule has 0 fully saturated rings. The molecular formula is C22H21FN4O2S. The van der Waals surface area contributed by atoms with Crippen molar-refractivity contribution in [2.45, 2.75) is 25.6 Å². The highest BCUT2D eigenvalue weighted by Gasteiger charge is 2.05. The number of aromatic nitrogens is 2. The van der Waals surface area contributed by atoms with Gasteiger partial charge >= 0.3 is 0 Å². The zero-order valence-corrected chi connectivity index (χ0v) is 17.4. The first-order chi connectivity index (χ1) is 14.5. The van der Waals surface area contributed by atoms with Crippen LogP contribution >= 0.6 is 11.8 Å². The van der Waals surface area contributed by atoms with Crippen LogP contribution in [-0.2, 0) is 11.4 Å². The van der Waals surface area contributed by atoms with Gasteiger partial charge in [0.05, 0.1) is 12.0 Å². The van der Waals surface area contributed by atoms with E-state index in [9.17, 15) is 9.18 Å². The Balaban J connectivity index is 1.43. The second kappa shape index (κ2) is 10.5. The van der Waals surface area contributed by atoms with Gasteiger partial charge in [0.15, 0.2) is 5.16 Å². The molecule has 0 radical (unpaired) electrons. The quantitative estimate of drug-likeness (QED) is 0.255. The van der Waals surface area contributed by atoms with Crippen LogP contribution in [-0.4, -0.2) is 27.8 Å². The second-order valence-corrected chi connectivity index (χ2v) is 7.44. The zero-order chi connectivity index (χ0) is 21.3. The minimum atomic E-state index is -0.272. The Kier molecular flexibility index (Phi) is 7.51. The van der Waals surface area contributed by atoms with Gasteiger partial charge in [0.25, 0.3) is 5.91 Å². The maximum atomic E-state index is 12.9. The van der Waals surface area contributed by atoms with Crippen molar-refractivity contribution in [3.05, 3.63) is 82.9 Å². The van der Waals surface area contributed by atoms with Crippen molar-refractivity contribution in [1.82, 2.24) is 15.4 Å². The maximum Gasteiger partial charge on any atom is 0.250 e. The molecule has 1 heterocycles. The van der Waals surface area contributed by atoms with Crippen LogP contribution in [0.4, 0.5) is 4.39 Å².